The quantitative estimate of drug-likeness (QED) is 0.920. The summed E-state index contributed by atoms with van der Waals surface area (Å²) in [5, 5.41) is 8.74. The molecular weight excluding hydrogens is 318 g/mol. The molecule has 0 bridgehead atoms. The van der Waals surface area contributed by atoms with E-state index in [4.69, 9.17) is 5.11 Å². The second-order valence-electron chi connectivity index (χ2n) is 4.88. The highest BCUT2D eigenvalue weighted by atomic mass is 79.9. The Morgan fingerprint density at radius 3 is 2.39 bits per heavy atom. The maximum absolute atomic E-state index is 12.3. The van der Waals surface area contributed by atoms with Gasteiger partial charge in [0.25, 0.3) is 5.91 Å². The molecule has 1 N–H and O–H groups in total. The zero-order valence-corrected chi connectivity index (χ0v) is 13.0. The van der Waals surface area contributed by atoms with Crippen molar-refractivity contribution in [2.24, 2.45) is 0 Å². The third-order valence-electron chi connectivity index (χ3n) is 2.39. The molecule has 0 saturated heterocycles. The first kappa shape index (κ1) is 15.2. The number of carboxylic acid groups (broad SMARTS) is 1. The lowest BCUT2D eigenvalue weighted by Crippen LogP contribution is -2.46. The summed E-state index contributed by atoms with van der Waals surface area (Å²) in [7, 11) is 0. The first-order valence-corrected chi connectivity index (χ1v) is 7.12. The molecule has 1 rings (SSSR count). The van der Waals surface area contributed by atoms with Crippen molar-refractivity contribution in [2.45, 2.75) is 32.7 Å². The third kappa shape index (κ3) is 4.10. The largest absolute Gasteiger partial charge is 0.481 e. The Bertz CT molecular complexity index is 450. The summed E-state index contributed by atoms with van der Waals surface area (Å²) in [5.41, 5.74) is -0.400. The fourth-order valence-corrected chi connectivity index (χ4v) is 2.85. The van der Waals surface area contributed by atoms with Gasteiger partial charge in [-0.15, -0.1) is 11.3 Å². The van der Waals surface area contributed by atoms with Gasteiger partial charge in [-0.25, -0.2) is 0 Å². The van der Waals surface area contributed by atoms with Crippen LogP contribution in [0.3, 0.4) is 0 Å². The fourth-order valence-electron chi connectivity index (χ4n) is 1.51. The molecule has 1 amide bonds. The molecule has 1 heterocycles. The number of hydrogen-bond acceptors (Lipinski definition) is 3. The van der Waals surface area contributed by atoms with Crippen LogP contribution in [-0.2, 0) is 4.79 Å². The average Bonchev–Trinajstić information content (AvgIpc) is 2.62. The number of amides is 1. The van der Waals surface area contributed by atoms with E-state index in [-0.39, 0.29) is 18.9 Å². The summed E-state index contributed by atoms with van der Waals surface area (Å²) in [6, 6.07) is 3.56. The molecule has 0 saturated carbocycles. The summed E-state index contributed by atoms with van der Waals surface area (Å²) in [4.78, 5) is 25.2. The molecule has 1 aromatic rings. The summed E-state index contributed by atoms with van der Waals surface area (Å²) in [6.45, 7) is 5.91. The second-order valence-corrected chi connectivity index (χ2v) is 7.34. The Labute approximate surface area is 119 Å². The van der Waals surface area contributed by atoms with Crippen molar-refractivity contribution < 1.29 is 14.7 Å². The maximum atomic E-state index is 12.3. The molecule has 100 valence electrons. The highest BCUT2D eigenvalue weighted by Crippen LogP contribution is 2.26. The number of aliphatic carboxylic acids is 1. The monoisotopic (exact) mass is 333 g/mol. The van der Waals surface area contributed by atoms with Gasteiger partial charge < -0.3 is 10.0 Å². The molecule has 0 spiro atoms. The number of rotatable bonds is 4. The summed E-state index contributed by atoms with van der Waals surface area (Å²) in [6.07, 6.45) is -0.0461. The lowest BCUT2D eigenvalue weighted by Gasteiger charge is -2.35. The molecular formula is C12H16BrNO3S. The van der Waals surface area contributed by atoms with Crippen LogP contribution in [0.4, 0.5) is 0 Å². The van der Waals surface area contributed by atoms with Gasteiger partial charge in [0, 0.05) is 12.1 Å². The molecule has 0 radical (unpaired) electrons. The lowest BCUT2D eigenvalue weighted by atomic mass is 10.1. The Kier molecular flexibility index (Phi) is 4.92. The predicted octanol–water partition coefficient (Wildman–Crippen LogP) is 3.23. The summed E-state index contributed by atoms with van der Waals surface area (Å²) in [5.74, 6) is -1.02. The number of carbonyl (C=O) groups excluding carboxylic acids is 1. The van der Waals surface area contributed by atoms with Crippen LogP contribution < -0.4 is 0 Å². The fraction of sp³-hybridized carbons (Fsp3) is 0.500. The van der Waals surface area contributed by atoms with Gasteiger partial charge in [-0.1, -0.05) is 0 Å². The van der Waals surface area contributed by atoms with E-state index in [9.17, 15) is 9.59 Å². The SMILES string of the molecule is CC(C)(C)N(CCC(=O)O)C(=O)c1ccc(Br)s1. The van der Waals surface area contributed by atoms with Crippen molar-refractivity contribution in [1.82, 2.24) is 4.90 Å². The standard InChI is InChI=1S/C12H16BrNO3S/c1-12(2,3)14(7-6-10(15)16)11(17)8-4-5-9(13)18-8/h4-5H,6-7H2,1-3H3,(H,15,16). The zero-order chi connectivity index (χ0) is 13.9. The van der Waals surface area contributed by atoms with Crippen LogP contribution >= 0.6 is 27.3 Å². The molecule has 0 atom stereocenters. The summed E-state index contributed by atoms with van der Waals surface area (Å²) >= 11 is 4.67. The van der Waals surface area contributed by atoms with Crippen LogP contribution in [-0.4, -0.2) is 34.0 Å². The minimum atomic E-state index is -0.899. The Hall–Kier alpha value is -0.880. The van der Waals surface area contributed by atoms with E-state index >= 15 is 0 Å². The Morgan fingerprint density at radius 1 is 1.39 bits per heavy atom. The average molecular weight is 334 g/mol. The van der Waals surface area contributed by atoms with E-state index in [0.717, 1.165) is 3.79 Å². The number of thiophene rings is 1. The number of carbonyl (C=O) groups is 2. The van der Waals surface area contributed by atoms with Gasteiger partial charge in [-0.05, 0) is 48.8 Å². The van der Waals surface area contributed by atoms with Crippen LogP contribution in [0.2, 0.25) is 0 Å². The van der Waals surface area contributed by atoms with Crippen LogP contribution in [0.15, 0.2) is 15.9 Å². The van der Waals surface area contributed by atoms with Crippen molar-refractivity contribution in [1.29, 1.82) is 0 Å². The van der Waals surface area contributed by atoms with E-state index in [2.05, 4.69) is 15.9 Å². The van der Waals surface area contributed by atoms with Crippen LogP contribution in [0, 0.1) is 0 Å². The van der Waals surface area contributed by atoms with Crippen molar-refractivity contribution in [3.8, 4) is 0 Å². The smallest absolute Gasteiger partial charge is 0.305 e. The van der Waals surface area contributed by atoms with Crippen molar-refractivity contribution in [3.63, 3.8) is 0 Å². The predicted molar refractivity (Wildman–Crippen MR) is 75.1 cm³/mol. The molecule has 0 unspecified atom stereocenters. The minimum Gasteiger partial charge on any atom is -0.481 e. The lowest BCUT2D eigenvalue weighted by molar-refractivity contribution is -0.137. The molecule has 4 nitrogen and oxygen atoms in total. The highest BCUT2D eigenvalue weighted by Gasteiger charge is 2.28. The first-order chi connectivity index (χ1) is 8.21. The van der Waals surface area contributed by atoms with E-state index in [0.29, 0.717) is 4.88 Å². The van der Waals surface area contributed by atoms with Crippen molar-refractivity contribution in [2.75, 3.05) is 6.54 Å². The second kappa shape index (κ2) is 5.84. The summed E-state index contributed by atoms with van der Waals surface area (Å²) < 4.78 is 0.887. The van der Waals surface area contributed by atoms with Gasteiger partial charge in [0.1, 0.15) is 0 Å². The van der Waals surface area contributed by atoms with Gasteiger partial charge >= 0.3 is 5.97 Å². The molecule has 18 heavy (non-hydrogen) atoms. The minimum absolute atomic E-state index is 0.0461. The molecule has 0 aliphatic heterocycles. The van der Waals surface area contributed by atoms with E-state index in [1.165, 1.54) is 11.3 Å². The Balaban J connectivity index is 2.89. The first-order valence-electron chi connectivity index (χ1n) is 5.51. The normalized spacial score (nSPS) is 11.3. The number of carboxylic acids is 1. The molecule has 0 aromatic carbocycles. The van der Waals surface area contributed by atoms with Crippen LogP contribution in [0.1, 0.15) is 36.9 Å². The highest BCUT2D eigenvalue weighted by molar-refractivity contribution is 9.11. The zero-order valence-electron chi connectivity index (χ0n) is 10.6. The van der Waals surface area contributed by atoms with Crippen LogP contribution in [0.5, 0.6) is 0 Å². The molecule has 0 fully saturated rings. The van der Waals surface area contributed by atoms with Gasteiger partial charge in [0.2, 0.25) is 0 Å². The van der Waals surface area contributed by atoms with Crippen LogP contribution in [0.25, 0.3) is 0 Å². The maximum Gasteiger partial charge on any atom is 0.305 e. The van der Waals surface area contributed by atoms with E-state index < -0.39 is 11.5 Å². The molecule has 0 aliphatic carbocycles. The number of nitrogens with zero attached hydrogens (tertiary/aromatic N) is 1. The third-order valence-corrected chi connectivity index (χ3v) is 4.00. The van der Waals surface area contributed by atoms with Gasteiger partial charge in [-0.2, -0.15) is 0 Å². The molecule has 1 aromatic heterocycles. The van der Waals surface area contributed by atoms with E-state index in [1.807, 2.05) is 26.8 Å². The van der Waals surface area contributed by atoms with E-state index in [1.54, 1.807) is 11.0 Å². The van der Waals surface area contributed by atoms with Crippen molar-refractivity contribution in [3.05, 3.63) is 20.8 Å². The van der Waals surface area contributed by atoms with Gasteiger partial charge in [0.15, 0.2) is 0 Å². The topological polar surface area (TPSA) is 57.6 Å². The van der Waals surface area contributed by atoms with Gasteiger partial charge in [0.05, 0.1) is 15.1 Å². The van der Waals surface area contributed by atoms with Crippen molar-refractivity contribution >= 4 is 39.1 Å². The molecule has 0 aliphatic rings. The Morgan fingerprint density at radius 2 is 2.00 bits per heavy atom. The van der Waals surface area contributed by atoms with Gasteiger partial charge in [-0.3, -0.25) is 9.59 Å². The molecule has 6 heteroatoms. The number of hydrogen-bond donors (Lipinski definition) is 1. The number of halogens is 1.